The summed E-state index contributed by atoms with van der Waals surface area (Å²) in [6, 6.07) is 13.7. The molecule has 1 unspecified atom stereocenters. The SMILES string of the molecule is CC(C#N)(COc1ccccc1Cl)NC(=O)c1ccc(C(C)(F)F)cc1. The number of ether oxygens (including phenoxy) is 1. The molecule has 0 aliphatic carbocycles. The summed E-state index contributed by atoms with van der Waals surface area (Å²) in [5.41, 5.74) is -1.36. The predicted octanol–water partition coefficient (Wildman–Crippen LogP) is 4.54. The normalized spacial score (nSPS) is 13.4. The van der Waals surface area contributed by atoms with Crippen molar-refractivity contribution in [3.05, 3.63) is 64.7 Å². The third kappa shape index (κ3) is 4.93. The third-order valence-corrected chi connectivity index (χ3v) is 3.96. The monoisotopic (exact) mass is 378 g/mol. The first-order valence-electron chi connectivity index (χ1n) is 7.74. The van der Waals surface area contributed by atoms with Crippen molar-refractivity contribution in [2.45, 2.75) is 25.3 Å². The van der Waals surface area contributed by atoms with Gasteiger partial charge in [-0.3, -0.25) is 4.79 Å². The fraction of sp³-hybridized carbons (Fsp3) is 0.263. The highest BCUT2D eigenvalue weighted by Gasteiger charge is 2.29. The maximum Gasteiger partial charge on any atom is 0.270 e. The van der Waals surface area contributed by atoms with Gasteiger partial charge in [0.2, 0.25) is 0 Å². The minimum absolute atomic E-state index is 0.135. The summed E-state index contributed by atoms with van der Waals surface area (Å²) >= 11 is 5.99. The van der Waals surface area contributed by atoms with Crippen LogP contribution in [0.15, 0.2) is 48.5 Å². The zero-order valence-electron chi connectivity index (χ0n) is 14.2. The lowest BCUT2D eigenvalue weighted by atomic mass is 10.0. The summed E-state index contributed by atoms with van der Waals surface area (Å²) in [6.45, 7) is 2.14. The highest BCUT2D eigenvalue weighted by Crippen LogP contribution is 2.27. The van der Waals surface area contributed by atoms with Gasteiger partial charge in [0.05, 0.1) is 11.1 Å². The largest absolute Gasteiger partial charge is 0.488 e. The lowest BCUT2D eigenvalue weighted by molar-refractivity contribution is 0.0174. The number of nitrogens with zero attached hydrogens (tertiary/aromatic N) is 1. The number of amides is 1. The Labute approximate surface area is 155 Å². The van der Waals surface area contributed by atoms with Crippen LogP contribution in [0.25, 0.3) is 0 Å². The summed E-state index contributed by atoms with van der Waals surface area (Å²) in [4.78, 5) is 12.3. The molecule has 136 valence electrons. The second kappa shape index (κ2) is 7.71. The Morgan fingerprint density at radius 2 is 1.81 bits per heavy atom. The van der Waals surface area contributed by atoms with Crippen molar-refractivity contribution in [1.29, 1.82) is 5.26 Å². The smallest absolute Gasteiger partial charge is 0.270 e. The van der Waals surface area contributed by atoms with E-state index in [0.717, 1.165) is 6.92 Å². The summed E-state index contributed by atoms with van der Waals surface area (Å²) < 4.78 is 32.0. The van der Waals surface area contributed by atoms with Gasteiger partial charge in [0.1, 0.15) is 12.4 Å². The van der Waals surface area contributed by atoms with Gasteiger partial charge >= 0.3 is 0 Å². The van der Waals surface area contributed by atoms with Crippen LogP contribution in [0.5, 0.6) is 5.75 Å². The number of carbonyl (C=O) groups is 1. The van der Waals surface area contributed by atoms with Gasteiger partial charge < -0.3 is 10.1 Å². The number of halogens is 3. The highest BCUT2D eigenvalue weighted by molar-refractivity contribution is 6.32. The van der Waals surface area contributed by atoms with Crippen molar-refractivity contribution in [3.63, 3.8) is 0 Å². The summed E-state index contributed by atoms with van der Waals surface area (Å²) in [5, 5.41) is 12.3. The standard InChI is InChI=1S/C19H17ClF2N2O2/c1-18(11-23,12-26-16-6-4-3-5-15(16)20)24-17(25)13-7-9-14(10-8-13)19(2,21)22/h3-10H,12H2,1-2H3,(H,24,25). The minimum Gasteiger partial charge on any atom is -0.488 e. The van der Waals surface area contributed by atoms with Crippen LogP contribution in [0.3, 0.4) is 0 Å². The van der Waals surface area contributed by atoms with Crippen LogP contribution in [0.1, 0.15) is 29.8 Å². The predicted molar refractivity (Wildman–Crippen MR) is 94.4 cm³/mol. The number of nitrogens with one attached hydrogen (secondary N) is 1. The molecule has 0 saturated carbocycles. The summed E-state index contributed by atoms with van der Waals surface area (Å²) in [6.07, 6.45) is 0. The number of benzene rings is 2. The Balaban J connectivity index is 2.07. The van der Waals surface area contributed by atoms with E-state index in [-0.39, 0.29) is 17.7 Å². The Morgan fingerprint density at radius 3 is 2.35 bits per heavy atom. The highest BCUT2D eigenvalue weighted by atomic mass is 35.5. The van der Waals surface area contributed by atoms with E-state index in [2.05, 4.69) is 5.32 Å². The topological polar surface area (TPSA) is 62.1 Å². The summed E-state index contributed by atoms with van der Waals surface area (Å²) in [7, 11) is 0. The van der Waals surface area contributed by atoms with Crippen molar-refractivity contribution >= 4 is 17.5 Å². The quantitative estimate of drug-likeness (QED) is 0.802. The van der Waals surface area contributed by atoms with Crippen molar-refractivity contribution in [2.75, 3.05) is 6.61 Å². The van der Waals surface area contributed by atoms with E-state index >= 15 is 0 Å². The van der Waals surface area contributed by atoms with Gasteiger partial charge in [-0.2, -0.15) is 5.26 Å². The van der Waals surface area contributed by atoms with E-state index in [0.29, 0.717) is 10.8 Å². The van der Waals surface area contributed by atoms with Crippen LogP contribution in [-0.4, -0.2) is 18.1 Å². The molecule has 26 heavy (non-hydrogen) atoms. The lowest BCUT2D eigenvalue weighted by Gasteiger charge is -2.24. The molecule has 0 radical (unpaired) electrons. The number of nitriles is 1. The van der Waals surface area contributed by atoms with Crippen molar-refractivity contribution < 1.29 is 18.3 Å². The molecule has 0 spiro atoms. The average molecular weight is 379 g/mol. The molecule has 2 aromatic carbocycles. The van der Waals surface area contributed by atoms with Gasteiger partial charge in [0, 0.05) is 18.1 Å². The van der Waals surface area contributed by atoms with E-state index in [9.17, 15) is 18.8 Å². The van der Waals surface area contributed by atoms with E-state index in [1.54, 1.807) is 24.3 Å². The third-order valence-electron chi connectivity index (χ3n) is 3.64. The Bertz CT molecular complexity index is 829. The van der Waals surface area contributed by atoms with Gasteiger partial charge in [-0.05, 0) is 31.2 Å². The molecule has 0 heterocycles. The molecule has 1 N–H and O–H groups in total. The van der Waals surface area contributed by atoms with Gasteiger partial charge in [-0.25, -0.2) is 8.78 Å². The van der Waals surface area contributed by atoms with Crippen LogP contribution in [0, 0.1) is 11.3 Å². The first-order valence-corrected chi connectivity index (χ1v) is 8.12. The zero-order valence-corrected chi connectivity index (χ0v) is 15.0. The first-order chi connectivity index (χ1) is 12.1. The van der Waals surface area contributed by atoms with Crippen LogP contribution in [-0.2, 0) is 5.92 Å². The van der Waals surface area contributed by atoms with Gasteiger partial charge in [-0.1, -0.05) is 35.9 Å². The van der Waals surface area contributed by atoms with Crippen molar-refractivity contribution in [2.24, 2.45) is 0 Å². The molecule has 0 aliphatic rings. The van der Waals surface area contributed by atoms with Gasteiger partial charge in [0.25, 0.3) is 11.8 Å². The molecule has 0 aromatic heterocycles. The number of hydrogen-bond donors (Lipinski definition) is 1. The molecular formula is C19H17ClF2N2O2. The molecule has 4 nitrogen and oxygen atoms in total. The maximum absolute atomic E-state index is 13.2. The summed E-state index contributed by atoms with van der Waals surface area (Å²) in [5.74, 6) is -3.17. The molecule has 2 aromatic rings. The van der Waals surface area contributed by atoms with Crippen molar-refractivity contribution in [3.8, 4) is 11.8 Å². The zero-order chi connectivity index (χ0) is 19.4. The molecule has 7 heteroatoms. The maximum atomic E-state index is 13.2. The number of alkyl halides is 2. The molecule has 0 fully saturated rings. The molecule has 2 rings (SSSR count). The van der Waals surface area contributed by atoms with Gasteiger partial charge in [-0.15, -0.1) is 0 Å². The van der Waals surface area contributed by atoms with Crippen LogP contribution < -0.4 is 10.1 Å². The van der Waals surface area contributed by atoms with Crippen LogP contribution >= 0.6 is 11.6 Å². The van der Waals surface area contributed by atoms with Crippen LogP contribution in [0.4, 0.5) is 8.78 Å². The molecular weight excluding hydrogens is 362 g/mol. The molecule has 1 amide bonds. The second-order valence-electron chi connectivity index (χ2n) is 6.08. The Kier molecular flexibility index (Phi) is 5.83. The Morgan fingerprint density at radius 1 is 1.19 bits per heavy atom. The van der Waals surface area contributed by atoms with E-state index in [1.165, 1.54) is 31.2 Å². The van der Waals surface area contributed by atoms with Crippen LogP contribution in [0.2, 0.25) is 5.02 Å². The van der Waals surface area contributed by atoms with E-state index in [1.807, 2.05) is 6.07 Å². The number of para-hydroxylation sites is 1. The number of rotatable bonds is 6. The fourth-order valence-corrected chi connectivity index (χ4v) is 2.31. The fourth-order valence-electron chi connectivity index (χ4n) is 2.12. The Hall–Kier alpha value is -2.65. The molecule has 0 aliphatic heterocycles. The second-order valence-corrected chi connectivity index (χ2v) is 6.49. The average Bonchev–Trinajstić information content (AvgIpc) is 2.60. The number of hydrogen-bond acceptors (Lipinski definition) is 3. The lowest BCUT2D eigenvalue weighted by Crippen LogP contribution is -2.49. The molecule has 0 saturated heterocycles. The van der Waals surface area contributed by atoms with E-state index in [4.69, 9.17) is 16.3 Å². The van der Waals surface area contributed by atoms with Gasteiger partial charge in [0.15, 0.2) is 5.54 Å². The van der Waals surface area contributed by atoms with Crippen molar-refractivity contribution in [1.82, 2.24) is 5.32 Å². The number of carbonyl (C=O) groups excluding carboxylic acids is 1. The van der Waals surface area contributed by atoms with E-state index < -0.39 is 17.4 Å². The molecule has 1 atom stereocenters. The molecule has 0 bridgehead atoms. The first kappa shape index (κ1) is 19.7. The minimum atomic E-state index is -2.99.